The zero-order valence-corrected chi connectivity index (χ0v) is 7.37. The van der Waals surface area contributed by atoms with Gasteiger partial charge in [0.05, 0.1) is 5.39 Å². The molecule has 2 rings (SSSR count). The Morgan fingerprint density at radius 2 is 2.38 bits per heavy atom. The molecule has 4 heteroatoms. The Kier molecular flexibility index (Phi) is 1.96. The number of rotatable bonds is 2. The summed E-state index contributed by atoms with van der Waals surface area (Å²) in [6.45, 7) is 2.84. The van der Waals surface area contributed by atoms with Gasteiger partial charge in [-0.15, -0.1) is 0 Å². The second-order valence-electron chi connectivity index (χ2n) is 2.93. The van der Waals surface area contributed by atoms with Gasteiger partial charge in [0.15, 0.2) is 5.82 Å². The molecule has 3 nitrogen and oxygen atoms in total. The van der Waals surface area contributed by atoms with Gasteiger partial charge in [0.2, 0.25) is 0 Å². The second-order valence-corrected chi connectivity index (χ2v) is 2.93. The van der Waals surface area contributed by atoms with Crippen molar-refractivity contribution in [2.24, 2.45) is 0 Å². The molecular weight excluding hydrogens is 169 g/mol. The summed E-state index contributed by atoms with van der Waals surface area (Å²) >= 11 is 0. The molecule has 0 fully saturated rings. The highest BCUT2D eigenvalue weighted by atomic mass is 19.1. The monoisotopic (exact) mass is 179 g/mol. The minimum Gasteiger partial charge on any atom is -0.329 e. The van der Waals surface area contributed by atoms with Gasteiger partial charge in [-0.3, -0.25) is 0 Å². The molecule has 2 aromatic rings. The van der Waals surface area contributed by atoms with Crippen molar-refractivity contribution in [2.45, 2.75) is 19.9 Å². The van der Waals surface area contributed by atoms with Crippen LogP contribution in [-0.4, -0.2) is 14.5 Å². The lowest BCUT2D eigenvalue weighted by atomic mass is 10.4. The third kappa shape index (κ3) is 1.28. The fourth-order valence-electron chi connectivity index (χ4n) is 1.40. The van der Waals surface area contributed by atoms with E-state index in [0.29, 0.717) is 11.0 Å². The highest BCUT2D eigenvalue weighted by molar-refractivity contribution is 5.75. The summed E-state index contributed by atoms with van der Waals surface area (Å²) in [6, 6.07) is 0. The quantitative estimate of drug-likeness (QED) is 0.705. The zero-order valence-electron chi connectivity index (χ0n) is 7.37. The van der Waals surface area contributed by atoms with E-state index in [1.165, 1.54) is 18.7 Å². The van der Waals surface area contributed by atoms with E-state index in [9.17, 15) is 4.39 Å². The maximum Gasteiger partial charge on any atom is 0.151 e. The van der Waals surface area contributed by atoms with E-state index in [4.69, 9.17) is 0 Å². The molecule has 0 radical (unpaired) electrons. The molecule has 68 valence electrons. The second kappa shape index (κ2) is 3.12. The largest absolute Gasteiger partial charge is 0.329 e. The van der Waals surface area contributed by atoms with Crippen LogP contribution in [0.5, 0.6) is 0 Å². The van der Waals surface area contributed by atoms with Crippen LogP contribution in [0.4, 0.5) is 4.39 Å². The van der Waals surface area contributed by atoms with Crippen molar-refractivity contribution in [3.8, 4) is 0 Å². The van der Waals surface area contributed by atoms with Gasteiger partial charge in [-0.05, 0) is 6.42 Å². The fourth-order valence-corrected chi connectivity index (χ4v) is 1.40. The molecule has 0 saturated heterocycles. The molecule has 0 atom stereocenters. The van der Waals surface area contributed by atoms with Crippen molar-refractivity contribution < 1.29 is 4.39 Å². The standard InChI is InChI=1S/C9H10FN3/c1-2-3-13-5-8(10)7-4-11-6-12-9(7)13/h4-6H,2-3H2,1H3. The summed E-state index contributed by atoms with van der Waals surface area (Å²) in [5, 5.41) is 0.496. The average molecular weight is 179 g/mol. The molecule has 0 amide bonds. The third-order valence-corrected chi connectivity index (χ3v) is 1.95. The number of hydrogen-bond acceptors (Lipinski definition) is 2. The zero-order chi connectivity index (χ0) is 9.26. The van der Waals surface area contributed by atoms with Crippen LogP contribution in [0, 0.1) is 5.82 Å². The lowest BCUT2D eigenvalue weighted by Crippen LogP contribution is -1.95. The van der Waals surface area contributed by atoms with Crippen molar-refractivity contribution >= 4 is 11.0 Å². The molecule has 2 aromatic heterocycles. The van der Waals surface area contributed by atoms with Crippen LogP contribution in [0.25, 0.3) is 11.0 Å². The summed E-state index contributed by atoms with van der Waals surface area (Å²) in [5.41, 5.74) is 0.675. The minimum atomic E-state index is -0.246. The smallest absolute Gasteiger partial charge is 0.151 e. The predicted octanol–water partition coefficient (Wildman–Crippen LogP) is 1.98. The van der Waals surface area contributed by atoms with Gasteiger partial charge in [-0.2, -0.15) is 0 Å². The van der Waals surface area contributed by atoms with Gasteiger partial charge in [0.1, 0.15) is 12.0 Å². The van der Waals surface area contributed by atoms with E-state index in [1.54, 1.807) is 0 Å². The minimum absolute atomic E-state index is 0.246. The summed E-state index contributed by atoms with van der Waals surface area (Å²) in [5.74, 6) is -0.246. The van der Waals surface area contributed by atoms with Crippen LogP contribution in [0.15, 0.2) is 18.7 Å². The highest BCUT2D eigenvalue weighted by Crippen LogP contribution is 2.16. The molecule has 0 N–H and O–H groups in total. The van der Waals surface area contributed by atoms with Crippen molar-refractivity contribution in [2.75, 3.05) is 0 Å². The molecule has 0 aromatic carbocycles. The number of hydrogen-bond donors (Lipinski definition) is 0. The topological polar surface area (TPSA) is 30.7 Å². The molecular formula is C9H10FN3. The highest BCUT2D eigenvalue weighted by Gasteiger charge is 2.07. The number of aromatic nitrogens is 3. The van der Waals surface area contributed by atoms with Crippen LogP contribution in [0.1, 0.15) is 13.3 Å². The van der Waals surface area contributed by atoms with E-state index in [0.717, 1.165) is 13.0 Å². The summed E-state index contributed by atoms with van der Waals surface area (Å²) in [6.07, 6.45) is 5.38. The van der Waals surface area contributed by atoms with Crippen molar-refractivity contribution in [3.05, 3.63) is 24.5 Å². The van der Waals surface area contributed by atoms with Crippen molar-refractivity contribution in [1.29, 1.82) is 0 Å². The van der Waals surface area contributed by atoms with Crippen LogP contribution in [0.3, 0.4) is 0 Å². The molecule has 0 spiro atoms. The molecule has 0 aliphatic rings. The molecule has 0 bridgehead atoms. The van der Waals surface area contributed by atoms with Crippen LogP contribution >= 0.6 is 0 Å². The number of aryl methyl sites for hydroxylation is 1. The first-order chi connectivity index (χ1) is 6.33. The molecule has 2 heterocycles. The van der Waals surface area contributed by atoms with Gasteiger partial charge in [-0.25, -0.2) is 14.4 Å². The fraction of sp³-hybridized carbons (Fsp3) is 0.333. The van der Waals surface area contributed by atoms with E-state index >= 15 is 0 Å². The van der Waals surface area contributed by atoms with Gasteiger partial charge >= 0.3 is 0 Å². The maximum absolute atomic E-state index is 13.2. The molecule has 0 aliphatic heterocycles. The Morgan fingerprint density at radius 3 is 3.15 bits per heavy atom. The summed E-state index contributed by atoms with van der Waals surface area (Å²) < 4.78 is 15.0. The normalized spacial score (nSPS) is 10.9. The predicted molar refractivity (Wildman–Crippen MR) is 47.8 cm³/mol. The number of nitrogens with zero attached hydrogens (tertiary/aromatic N) is 3. The van der Waals surface area contributed by atoms with Crippen molar-refractivity contribution in [1.82, 2.24) is 14.5 Å². The van der Waals surface area contributed by atoms with Crippen LogP contribution in [-0.2, 0) is 6.54 Å². The van der Waals surface area contributed by atoms with E-state index in [1.807, 2.05) is 11.5 Å². The van der Waals surface area contributed by atoms with Gasteiger partial charge in [0, 0.05) is 18.9 Å². The van der Waals surface area contributed by atoms with E-state index in [2.05, 4.69) is 9.97 Å². The van der Waals surface area contributed by atoms with Crippen molar-refractivity contribution in [3.63, 3.8) is 0 Å². The lowest BCUT2D eigenvalue weighted by Gasteiger charge is -1.99. The van der Waals surface area contributed by atoms with Crippen LogP contribution < -0.4 is 0 Å². The average Bonchev–Trinajstić information content (AvgIpc) is 2.46. The molecule has 13 heavy (non-hydrogen) atoms. The van der Waals surface area contributed by atoms with Gasteiger partial charge < -0.3 is 4.57 Å². The van der Waals surface area contributed by atoms with Gasteiger partial charge in [0.25, 0.3) is 0 Å². The first kappa shape index (κ1) is 8.16. The number of fused-ring (bicyclic) bond motifs is 1. The Balaban J connectivity index is 2.63. The lowest BCUT2D eigenvalue weighted by molar-refractivity contribution is 0.618. The summed E-state index contributed by atoms with van der Waals surface area (Å²) in [7, 11) is 0. The van der Waals surface area contributed by atoms with E-state index < -0.39 is 0 Å². The Hall–Kier alpha value is -1.45. The maximum atomic E-state index is 13.2. The Bertz CT molecular complexity index is 422. The van der Waals surface area contributed by atoms with Crippen LogP contribution in [0.2, 0.25) is 0 Å². The number of halogens is 1. The van der Waals surface area contributed by atoms with Gasteiger partial charge in [-0.1, -0.05) is 6.92 Å². The molecule has 0 aliphatic carbocycles. The third-order valence-electron chi connectivity index (χ3n) is 1.95. The summed E-state index contributed by atoms with van der Waals surface area (Å²) in [4.78, 5) is 7.82. The molecule has 0 unspecified atom stereocenters. The first-order valence-electron chi connectivity index (χ1n) is 4.27. The molecule has 0 saturated carbocycles. The SMILES string of the molecule is CCCn1cc(F)c2cncnc21. The Labute approximate surface area is 75.2 Å². The van der Waals surface area contributed by atoms with E-state index in [-0.39, 0.29) is 5.82 Å². The first-order valence-corrected chi connectivity index (χ1v) is 4.27. The Morgan fingerprint density at radius 1 is 1.54 bits per heavy atom.